The molecule has 3 aromatic rings. The van der Waals surface area contributed by atoms with Crippen LogP contribution in [0, 0.1) is 17.0 Å². The topological polar surface area (TPSA) is 151 Å². The highest BCUT2D eigenvalue weighted by molar-refractivity contribution is 5.93. The number of rotatable bonds is 10. The molecule has 12 heteroatoms. The Morgan fingerprint density at radius 1 is 1.15 bits per heavy atom. The predicted octanol–water partition coefficient (Wildman–Crippen LogP) is 1.94. The number of nitrogens with zero attached hydrogens (tertiary/aromatic N) is 4. The first-order valence-corrected chi connectivity index (χ1v) is 10.4. The van der Waals surface area contributed by atoms with Gasteiger partial charge in [-0.05, 0) is 37.6 Å². The first-order chi connectivity index (χ1) is 16.3. The third-order valence-corrected chi connectivity index (χ3v) is 4.81. The van der Waals surface area contributed by atoms with Crippen molar-refractivity contribution in [3.05, 3.63) is 69.5 Å². The zero-order valence-electron chi connectivity index (χ0n) is 18.9. The molecule has 2 N–H and O–H groups in total. The van der Waals surface area contributed by atoms with E-state index in [1.165, 1.54) is 30.0 Å². The van der Waals surface area contributed by atoms with Crippen LogP contribution in [0.25, 0.3) is 5.69 Å². The van der Waals surface area contributed by atoms with Gasteiger partial charge in [0.05, 0.1) is 23.4 Å². The number of nitrogens with one attached hydrogen (secondary N) is 2. The maximum atomic E-state index is 12.7. The van der Waals surface area contributed by atoms with Gasteiger partial charge in [-0.25, -0.2) is 4.68 Å². The van der Waals surface area contributed by atoms with Crippen LogP contribution in [0.5, 0.6) is 11.5 Å². The van der Waals surface area contributed by atoms with Crippen LogP contribution in [-0.4, -0.2) is 52.0 Å². The fraction of sp³-hybridized carbons (Fsp3) is 0.273. The van der Waals surface area contributed by atoms with Crippen LogP contribution in [0.2, 0.25) is 0 Å². The molecule has 2 aromatic carbocycles. The average molecular weight is 468 g/mol. The molecule has 0 saturated heterocycles. The van der Waals surface area contributed by atoms with Crippen LogP contribution in [0.15, 0.2) is 42.5 Å². The van der Waals surface area contributed by atoms with Crippen LogP contribution in [-0.2, 0) is 11.3 Å². The van der Waals surface area contributed by atoms with Gasteiger partial charge in [0, 0.05) is 25.2 Å². The molecule has 1 aromatic heterocycles. The summed E-state index contributed by atoms with van der Waals surface area (Å²) in [6, 6.07) is 11.0. The summed E-state index contributed by atoms with van der Waals surface area (Å²) in [6.07, 6.45) is 0. The number of hydrogen-bond donors (Lipinski definition) is 2. The van der Waals surface area contributed by atoms with Crippen molar-refractivity contribution in [2.75, 3.05) is 20.3 Å². The second-order valence-corrected chi connectivity index (χ2v) is 7.12. The van der Waals surface area contributed by atoms with Gasteiger partial charge in [-0.3, -0.25) is 19.7 Å². The number of nitro groups is 1. The number of aromatic nitrogens is 3. The highest BCUT2D eigenvalue weighted by Gasteiger charge is 2.19. The van der Waals surface area contributed by atoms with Crippen molar-refractivity contribution in [2.45, 2.75) is 20.4 Å². The van der Waals surface area contributed by atoms with Crippen LogP contribution in [0.4, 0.5) is 5.69 Å². The van der Waals surface area contributed by atoms with Gasteiger partial charge in [0.25, 0.3) is 17.5 Å². The van der Waals surface area contributed by atoms with Gasteiger partial charge in [0.15, 0.2) is 23.8 Å². The maximum Gasteiger partial charge on any atom is 0.274 e. The van der Waals surface area contributed by atoms with Crippen molar-refractivity contribution in [3.8, 4) is 17.2 Å². The van der Waals surface area contributed by atoms with E-state index in [4.69, 9.17) is 9.47 Å². The van der Waals surface area contributed by atoms with Gasteiger partial charge in [-0.15, -0.1) is 5.10 Å². The maximum absolute atomic E-state index is 12.7. The molecule has 0 aliphatic carbocycles. The van der Waals surface area contributed by atoms with E-state index in [9.17, 15) is 19.7 Å². The second-order valence-electron chi connectivity index (χ2n) is 7.12. The Balaban J connectivity index is 1.67. The summed E-state index contributed by atoms with van der Waals surface area (Å²) < 4.78 is 12.2. The molecular weight excluding hydrogens is 444 g/mol. The van der Waals surface area contributed by atoms with Gasteiger partial charge in [0.2, 0.25) is 0 Å². The van der Waals surface area contributed by atoms with Gasteiger partial charge >= 0.3 is 0 Å². The number of nitro benzene ring substituents is 1. The number of methoxy groups -OCH3 is 1. The Labute approximate surface area is 195 Å². The van der Waals surface area contributed by atoms with E-state index in [0.29, 0.717) is 29.4 Å². The number of ether oxygens (including phenoxy) is 2. The van der Waals surface area contributed by atoms with E-state index < -0.39 is 10.8 Å². The van der Waals surface area contributed by atoms with Crippen molar-refractivity contribution in [1.82, 2.24) is 25.6 Å². The van der Waals surface area contributed by atoms with E-state index in [2.05, 4.69) is 20.9 Å². The Bertz CT molecular complexity index is 1210. The minimum Gasteiger partial charge on any atom is -0.493 e. The number of benzene rings is 2. The van der Waals surface area contributed by atoms with Crippen molar-refractivity contribution in [1.29, 1.82) is 0 Å². The summed E-state index contributed by atoms with van der Waals surface area (Å²) in [7, 11) is 1.48. The molecule has 3 rings (SSSR count). The van der Waals surface area contributed by atoms with Gasteiger partial charge in [-0.1, -0.05) is 17.3 Å². The molecule has 0 radical (unpaired) electrons. The normalized spacial score (nSPS) is 10.4. The first-order valence-electron chi connectivity index (χ1n) is 10.4. The minimum absolute atomic E-state index is 0.0919. The molecular formula is C22H24N6O6. The lowest BCUT2D eigenvalue weighted by Crippen LogP contribution is -2.28. The summed E-state index contributed by atoms with van der Waals surface area (Å²) in [5.41, 5.74) is 1.60. The van der Waals surface area contributed by atoms with Crippen LogP contribution >= 0.6 is 0 Å². The standard InChI is InChI=1S/C22H24N6O6/c1-4-23-20(29)13-34-18-9-8-15(10-19(18)33-3)12-24-22(30)21-14(2)27(26-25-21)16-6-5-7-17(11-16)28(31)32/h5-11H,4,12-13H2,1-3H3,(H,23,29)(H,24,30). The molecule has 0 fully saturated rings. The summed E-state index contributed by atoms with van der Waals surface area (Å²) in [6.45, 7) is 4.01. The molecule has 0 atom stereocenters. The monoisotopic (exact) mass is 468 g/mol. The van der Waals surface area contributed by atoms with Crippen molar-refractivity contribution in [2.24, 2.45) is 0 Å². The van der Waals surface area contributed by atoms with E-state index in [1.54, 1.807) is 31.2 Å². The molecule has 178 valence electrons. The quantitative estimate of drug-likeness (QED) is 0.338. The van der Waals surface area contributed by atoms with Crippen LogP contribution < -0.4 is 20.1 Å². The molecule has 2 amide bonds. The van der Waals surface area contributed by atoms with E-state index in [0.717, 1.165) is 5.56 Å². The van der Waals surface area contributed by atoms with Crippen molar-refractivity contribution in [3.63, 3.8) is 0 Å². The summed E-state index contributed by atoms with van der Waals surface area (Å²) in [5, 5.41) is 24.3. The van der Waals surface area contributed by atoms with Crippen molar-refractivity contribution < 1.29 is 24.0 Å². The van der Waals surface area contributed by atoms with Crippen LogP contribution in [0.3, 0.4) is 0 Å². The highest BCUT2D eigenvalue weighted by Crippen LogP contribution is 2.28. The Morgan fingerprint density at radius 2 is 1.94 bits per heavy atom. The molecule has 1 heterocycles. The fourth-order valence-electron chi connectivity index (χ4n) is 3.12. The second kappa shape index (κ2) is 10.9. The first kappa shape index (κ1) is 24.2. The number of carbonyl (C=O) groups excluding carboxylic acids is 2. The number of non-ortho nitro benzene ring substituents is 1. The number of likely N-dealkylation sites (N-methyl/N-ethyl adjacent to an activating group) is 1. The highest BCUT2D eigenvalue weighted by atomic mass is 16.6. The third kappa shape index (κ3) is 5.65. The average Bonchev–Trinajstić information content (AvgIpc) is 3.23. The Morgan fingerprint density at radius 3 is 2.65 bits per heavy atom. The molecule has 34 heavy (non-hydrogen) atoms. The molecule has 0 unspecified atom stereocenters. The summed E-state index contributed by atoms with van der Waals surface area (Å²) in [5.74, 6) is 0.127. The number of hydrogen-bond acceptors (Lipinski definition) is 8. The SMILES string of the molecule is CCNC(=O)COc1ccc(CNC(=O)c2nnn(-c3cccc([N+](=O)[O-])c3)c2C)cc1OC. The van der Waals surface area contributed by atoms with E-state index in [1.807, 2.05) is 6.92 Å². The summed E-state index contributed by atoms with van der Waals surface area (Å²) in [4.78, 5) is 34.8. The lowest BCUT2D eigenvalue weighted by Gasteiger charge is -2.12. The lowest BCUT2D eigenvalue weighted by atomic mass is 10.2. The van der Waals surface area contributed by atoms with E-state index in [-0.39, 0.29) is 30.4 Å². The number of carbonyl (C=O) groups is 2. The largest absolute Gasteiger partial charge is 0.493 e. The van der Waals surface area contributed by atoms with Crippen LogP contribution in [0.1, 0.15) is 28.7 Å². The molecule has 0 saturated carbocycles. The third-order valence-electron chi connectivity index (χ3n) is 4.81. The Hall–Kier alpha value is -4.48. The van der Waals surface area contributed by atoms with E-state index >= 15 is 0 Å². The molecule has 0 aliphatic heterocycles. The number of amides is 2. The van der Waals surface area contributed by atoms with Crippen molar-refractivity contribution >= 4 is 17.5 Å². The predicted molar refractivity (Wildman–Crippen MR) is 121 cm³/mol. The fourth-order valence-corrected chi connectivity index (χ4v) is 3.12. The molecule has 0 aliphatic rings. The molecule has 12 nitrogen and oxygen atoms in total. The van der Waals surface area contributed by atoms with Gasteiger partial charge in [0.1, 0.15) is 0 Å². The summed E-state index contributed by atoms with van der Waals surface area (Å²) >= 11 is 0. The lowest BCUT2D eigenvalue weighted by molar-refractivity contribution is -0.384. The Kier molecular flexibility index (Phi) is 7.75. The zero-order chi connectivity index (χ0) is 24.7. The molecule has 0 spiro atoms. The van der Waals surface area contributed by atoms with Gasteiger partial charge in [-0.2, -0.15) is 0 Å². The van der Waals surface area contributed by atoms with Gasteiger partial charge < -0.3 is 20.1 Å². The minimum atomic E-state index is -0.506. The smallest absolute Gasteiger partial charge is 0.274 e. The zero-order valence-corrected chi connectivity index (χ0v) is 18.9. The molecule has 0 bridgehead atoms.